The summed E-state index contributed by atoms with van der Waals surface area (Å²) >= 11 is 0. The number of urea groups is 1. The number of aliphatic imine (C=N–C) groups is 1. The van der Waals surface area contributed by atoms with Crippen LogP contribution in [0.5, 0.6) is 11.5 Å². The van der Waals surface area contributed by atoms with Crippen molar-refractivity contribution in [2.75, 3.05) is 16.0 Å². The van der Waals surface area contributed by atoms with E-state index < -0.39 is 12.1 Å². The molecule has 0 radical (unpaired) electrons. The number of rotatable bonds is 7. The van der Waals surface area contributed by atoms with Crippen LogP contribution in [0, 0.1) is 13.8 Å². The third kappa shape index (κ3) is 6.33. The molecular weight excluding hydrogens is 420 g/mol. The molecule has 1 unspecified atom stereocenters. The molecule has 3 amide bonds. The Morgan fingerprint density at radius 1 is 0.939 bits per heavy atom. The van der Waals surface area contributed by atoms with Gasteiger partial charge in [-0.2, -0.15) is 0 Å². The van der Waals surface area contributed by atoms with Gasteiger partial charge in [-0.3, -0.25) is 9.79 Å². The van der Waals surface area contributed by atoms with Crippen molar-refractivity contribution < 1.29 is 19.4 Å². The first-order valence-electron chi connectivity index (χ1n) is 10.3. The molecule has 8 heteroatoms. The summed E-state index contributed by atoms with van der Waals surface area (Å²) in [5.74, 6) is 0.0643. The summed E-state index contributed by atoms with van der Waals surface area (Å²) in [5.41, 5.74) is 3.85. The van der Waals surface area contributed by atoms with Crippen molar-refractivity contribution in [3.05, 3.63) is 71.8 Å². The highest BCUT2D eigenvalue weighted by atomic mass is 16.5. The maximum Gasteiger partial charge on any atom is 0.323 e. The van der Waals surface area contributed by atoms with Gasteiger partial charge < -0.3 is 25.8 Å². The van der Waals surface area contributed by atoms with Crippen LogP contribution >= 0.6 is 0 Å². The number of amides is 3. The van der Waals surface area contributed by atoms with Crippen LogP contribution in [0.15, 0.2) is 65.7 Å². The van der Waals surface area contributed by atoms with Crippen molar-refractivity contribution in [2.24, 2.45) is 4.99 Å². The molecule has 0 aliphatic rings. The van der Waals surface area contributed by atoms with E-state index in [0.717, 1.165) is 11.1 Å². The molecule has 4 N–H and O–H groups in total. The monoisotopic (exact) mass is 446 g/mol. The van der Waals surface area contributed by atoms with E-state index in [-0.39, 0.29) is 17.3 Å². The Kier molecular flexibility index (Phi) is 7.30. The quantitative estimate of drug-likeness (QED) is 0.288. The predicted molar refractivity (Wildman–Crippen MR) is 131 cm³/mol. The minimum absolute atomic E-state index is 0.189. The van der Waals surface area contributed by atoms with Gasteiger partial charge in [0.2, 0.25) is 0 Å². The minimum atomic E-state index is -0.750. The lowest BCUT2D eigenvalue weighted by atomic mass is 10.1. The summed E-state index contributed by atoms with van der Waals surface area (Å²) in [5, 5.41) is 18.2. The molecule has 1 atom stereocenters. The number of benzene rings is 3. The predicted octanol–water partition coefficient (Wildman–Crippen LogP) is 5.39. The molecular formula is C25H26N4O4. The number of anilines is 3. The van der Waals surface area contributed by atoms with Crippen molar-refractivity contribution >= 4 is 41.4 Å². The van der Waals surface area contributed by atoms with Crippen LogP contribution in [0.1, 0.15) is 18.1 Å². The molecule has 3 aromatic rings. The lowest BCUT2D eigenvalue weighted by Crippen LogP contribution is -2.30. The molecule has 0 saturated heterocycles. The number of hydrogen-bond acceptors (Lipinski definition) is 5. The second-order valence-corrected chi connectivity index (χ2v) is 7.53. The zero-order chi connectivity index (χ0) is 24.0. The average molecular weight is 447 g/mol. The first-order chi connectivity index (χ1) is 15.7. The van der Waals surface area contributed by atoms with Crippen molar-refractivity contribution in [3.8, 4) is 11.5 Å². The Balaban J connectivity index is 1.58. The van der Waals surface area contributed by atoms with Crippen LogP contribution in [0.2, 0.25) is 0 Å². The fraction of sp³-hybridized carbons (Fsp3) is 0.160. The summed E-state index contributed by atoms with van der Waals surface area (Å²) < 4.78 is 5.76. The standard InChI is InChI=1S/C25H26N4O4/c1-15-5-12-23(16(2)13-15)33-17(3)24(31)27-20-10-11-21(22(30)14-20)29-25(32)28-19-8-6-18(26-4)7-9-19/h5-14,17,30H,4H2,1-3H3,(H,27,31)(H2,28,29,32). The zero-order valence-electron chi connectivity index (χ0n) is 18.7. The lowest BCUT2D eigenvalue weighted by molar-refractivity contribution is -0.122. The van der Waals surface area contributed by atoms with E-state index in [1.807, 2.05) is 32.0 Å². The maximum atomic E-state index is 12.5. The SMILES string of the molecule is C=Nc1ccc(NC(=O)Nc2ccc(NC(=O)C(C)Oc3ccc(C)cc3C)cc2O)cc1. The number of phenolic OH excluding ortho intramolecular Hbond substituents is 1. The highest BCUT2D eigenvalue weighted by molar-refractivity contribution is 6.01. The number of ether oxygens (including phenoxy) is 1. The lowest BCUT2D eigenvalue weighted by Gasteiger charge is -2.17. The highest BCUT2D eigenvalue weighted by Gasteiger charge is 2.17. The van der Waals surface area contributed by atoms with E-state index in [1.165, 1.54) is 12.1 Å². The van der Waals surface area contributed by atoms with Crippen LogP contribution in [0.25, 0.3) is 0 Å². The van der Waals surface area contributed by atoms with Gasteiger partial charge in [-0.05, 0) is 75.5 Å². The smallest absolute Gasteiger partial charge is 0.323 e. The van der Waals surface area contributed by atoms with Crippen LogP contribution < -0.4 is 20.7 Å². The molecule has 0 heterocycles. The summed E-state index contributed by atoms with van der Waals surface area (Å²) in [6, 6.07) is 16.4. The van der Waals surface area contributed by atoms with Crippen LogP contribution in [0.4, 0.5) is 27.5 Å². The second kappa shape index (κ2) is 10.3. The van der Waals surface area contributed by atoms with E-state index in [9.17, 15) is 14.7 Å². The van der Waals surface area contributed by atoms with Crippen LogP contribution in [-0.4, -0.2) is 29.9 Å². The summed E-state index contributed by atoms with van der Waals surface area (Å²) in [6.45, 7) is 8.98. The summed E-state index contributed by atoms with van der Waals surface area (Å²) in [7, 11) is 0. The van der Waals surface area contributed by atoms with Gasteiger partial charge in [0.1, 0.15) is 11.5 Å². The Morgan fingerprint density at radius 2 is 1.64 bits per heavy atom. The molecule has 33 heavy (non-hydrogen) atoms. The summed E-state index contributed by atoms with van der Waals surface area (Å²) in [6.07, 6.45) is -0.750. The number of nitrogens with zero attached hydrogens (tertiary/aromatic N) is 1. The minimum Gasteiger partial charge on any atom is -0.506 e. The van der Waals surface area contributed by atoms with Gasteiger partial charge in [-0.1, -0.05) is 17.7 Å². The first-order valence-corrected chi connectivity index (χ1v) is 10.3. The summed E-state index contributed by atoms with van der Waals surface area (Å²) in [4.78, 5) is 28.5. The highest BCUT2D eigenvalue weighted by Crippen LogP contribution is 2.27. The molecule has 0 aliphatic heterocycles. The van der Waals surface area contributed by atoms with Gasteiger partial charge in [-0.15, -0.1) is 0 Å². The number of carbonyl (C=O) groups is 2. The van der Waals surface area contributed by atoms with E-state index in [1.54, 1.807) is 37.3 Å². The van der Waals surface area contributed by atoms with Gasteiger partial charge in [0.25, 0.3) is 5.91 Å². The van der Waals surface area contributed by atoms with Crippen molar-refractivity contribution in [1.82, 2.24) is 0 Å². The number of aromatic hydroxyl groups is 1. The van der Waals surface area contributed by atoms with Gasteiger partial charge in [0.05, 0.1) is 11.4 Å². The largest absolute Gasteiger partial charge is 0.506 e. The molecule has 0 aliphatic carbocycles. The van der Waals surface area contributed by atoms with Crippen LogP contribution in [0.3, 0.4) is 0 Å². The molecule has 3 rings (SSSR count). The molecule has 0 fully saturated rings. The van der Waals surface area contributed by atoms with Crippen molar-refractivity contribution in [3.63, 3.8) is 0 Å². The normalized spacial score (nSPS) is 11.2. The fourth-order valence-electron chi connectivity index (χ4n) is 3.07. The van der Waals surface area contributed by atoms with Crippen LogP contribution in [-0.2, 0) is 4.79 Å². The van der Waals surface area contributed by atoms with E-state index in [4.69, 9.17) is 4.74 Å². The van der Waals surface area contributed by atoms with Gasteiger partial charge >= 0.3 is 6.03 Å². The second-order valence-electron chi connectivity index (χ2n) is 7.53. The molecule has 3 aromatic carbocycles. The number of nitrogens with one attached hydrogen (secondary N) is 3. The molecule has 8 nitrogen and oxygen atoms in total. The number of hydrogen-bond donors (Lipinski definition) is 4. The van der Waals surface area contributed by atoms with Gasteiger partial charge in [-0.25, -0.2) is 4.79 Å². The van der Waals surface area contributed by atoms with Gasteiger partial charge in [0, 0.05) is 17.4 Å². The Labute approximate surface area is 192 Å². The molecule has 0 bridgehead atoms. The third-order valence-electron chi connectivity index (χ3n) is 4.82. The number of carbonyl (C=O) groups excluding carboxylic acids is 2. The molecule has 0 aromatic heterocycles. The topological polar surface area (TPSA) is 112 Å². The maximum absolute atomic E-state index is 12.5. The molecule has 0 spiro atoms. The Morgan fingerprint density at radius 3 is 2.27 bits per heavy atom. The first kappa shape index (κ1) is 23.3. The third-order valence-corrected chi connectivity index (χ3v) is 4.82. The van der Waals surface area contributed by atoms with Gasteiger partial charge in [0.15, 0.2) is 6.10 Å². The van der Waals surface area contributed by atoms with Crippen molar-refractivity contribution in [1.29, 1.82) is 0 Å². The molecule has 0 saturated carbocycles. The van der Waals surface area contributed by atoms with E-state index >= 15 is 0 Å². The Hall–Kier alpha value is -4.33. The van der Waals surface area contributed by atoms with E-state index in [0.29, 0.717) is 22.8 Å². The number of aryl methyl sites for hydroxylation is 2. The fourth-order valence-corrected chi connectivity index (χ4v) is 3.07. The Bertz CT molecular complexity index is 1180. The zero-order valence-corrected chi connectivity index (χ0v) is 18.7. The van der Waals surface area contributed by atoms with E-state index in [2.05, 4.69) is 27.7 Å². The molecule has 170 valence electrons. The average Bonchev–Trinajstić information content (AvgIpc) is 2.78. The number of phenols is 1. The van der Waals surface area contributed by atoms with Crippen molar-refractivity contribution in [2.45, 2.75) is 26.9 Å².